The summed E-state index contributed by atoms with van der Waals surface area (Å²) in [7, 11) is 0. The minimum Gasteiger partial charge on any atom is -0.494 e. The first kappa shape index (κ1) is 13.6. The summed E-state index contributed by atoms with van der Waals surface area (Å²) in [4.78, 5) is 12.5. The maximum Gasteiger partial charge on any atom is 0.166 e. The summed E-state index contributed by atoms with van der Waals surface area (Å²) < 4.78 is 5.56. The van der Waals surface area contributed by atoms with Gasteiger partial charge in [0.2, 0.25) is 0 Å². The second kappa shape index (κ2) is 5.57. The molecule has 3 nitrogen and oxygen atoms in total. The molecule has 0 radical (unpaired) electrons. The standard InChI is InChI=1S/C17H23NO2/c1-2-11-20-14-5-3-13(4-6-14)16(19)15-12-17(15)7-9-18-10-8-17/h3-6,15,18H,2,7-12H2,1H3. The molecule has 1 spiro atoms. The van der Waals surface area contributed by atoms with Gasteiger partial charge in [0.25, 0.3) is 0 Å². The molecule has 1 aromatic rings. The van der Waals surface area contributed by atoms with Crippen LogP contribution in [0.3, 0.4) is 0 Å². The summed E-state index contributed by atoms with van der Waals surface area (Å²) in [5.41, 5.74) is 1.16. The number of rotatable bonds is 5. The highest BCUT2D eigenvalue weighted by molar-refractivity contribution is 6.00. The van der Waals surface area contributed by atoms with Crippen LogP contribution in [0, 0.1) is 11.3 Å². The molecule has 1 heterocycles. The Morgan fingerprint density at radius 1 is 1.30 bits per heavy atom. The minimum absolute atomic E-state index is 0.256. The smallest absolute Gasteiger partial charge is 0.166 e. The first-order valence-electron chi connectivity index (χ1n) is 7.73. The summed E-state index contributed by atoms with van der Waals surface area (Å²) in [6, 6.07) is 7.67. The van der Waals surface area contributed by atoms with Gasteiger partial charge in [-0.05, 0) is 68.5 Å². The SMILES string of the molecule is CCCOc1ccc(C(=O)C2CC23CCNCC3)cc1. The molecular weight excluding hydrogens is 250 g/mol. The molecule has 1 aliphatic carbocycles. The molecule has 20 heavy (non-hydrogen) atoms. The molecule has 2 aliphatic rings. The fourth-order valence-electron chi connectivity index (χ4n) is 3.33. The van der Waals surface area contributed by atoms with E-state index in [0.717, 1.165) is 56.7 Å². The number of carbonyl (C=O) groups is 1. The molecule has 0 aromatic heterocycles. The fraction of sp³-hybridized carbons (Fsp3) is 0.588. The van der Waals surface area contributed by atoms with Crippen LogP contribution >= 0.6 is 0 Å². The van der Waals surface area contributed by atoms with Crippen LogP contribution in [0.4, 0.5) is 0 Å². The Balaban J connectivity index is 1.63. The molecule has 0 amide bonds. The van der Waals surface area contributed by atoms with Crippen LogP contribution in [-0.4, -0.2) is 25.5 Å². The van der Waals surface area contributed by atoms with Crippen LogP contribution in [0.5, 0.6) is 5.75 Å². The highest BCUT2D eigenvalue weighted by Crippen LogP contribution is 2.59. The average Bonchev–Trinajstić information content (AvgIpc) is 3.19. The van der Waals surface area contributed by atoms with Crippen molar-refractivity contribution in [2.75, 3.05) is 19.7 Å². The van der Waals surface area contributed by atoms with Gasteiger partial charge in [0.15, 0.2) is 5.78 Å². The number of Topliss-reactive ketones (excluding diaryl/α,β-unsaturated/α-hetero) is 1. The molecule has 2 fully saturated rings. The third-order valence-corrected chi connectivity index (χ3v) is 4.72. The monoisotopic (exact) mass is 273 g/mol. The molecule has 1 unspecified atom stereocenters. The van der Waals surface area contributed by atoms with E-state index in [-0.39, 0.29) is 5.92 Å². The number of benzene rings is 1. The molecule has 1 atom stereocenters. The molecule has 0 bridgehead atoms. The van der Waals surface area contributed by atoms with E-state index in [1.54, 1.807) is 0 Å². The van der Waals surface area contributed by atoms with Gasteiger partial charge < -0.3 is 10.1 Å². The Hall–Kier alpha value is -1.35. The van der Waals surface area contributed by atoms with E-state index in [9.17, 15) is 4.79 Å². The van der Waals surface area contributed by atoms with Crippen molar-refractivity contribution in [2.45, 2.75) is 32.6 Å². The molecule has 1 N–H and O–H groups in total. The summed E-state index contributed by atoms with van der Waals surface area (Å²) in [5, 5.41) is 3.38. The number of ketones is 1. The second-order valence-electron chi connectivity index (χ2n) is 6.11. The third-order valence-electron chi connectivity index (χ3n) is 4.72. The Morgan fingerprint density at radius 2 is 2.00 bits per heavy atom. The van der Waals surface area contributed by atoms with Crippen molar-refractivity contribution >= 4 is 5.78 Å². The van der Waals surface area contributed by atoms with Crippen molar-refractivity contribution in [3.63, 3.8) is 0 Å². The van der Waals surface area contributed by atoms with Crippen molar-refractivity contribution in [3.8, 4) is 5.75 Å². The van der Waals surface area contributed by atoms with Crippen LogP contribution in [-0.2, 0) is 0 Å². The molecule has 1 saturated heterocycles. The Kier molecular flexibility index (Phi) is 3.79. The van der Waals surface area contributed by atoms with Crippen molar-refractivity contribution in [1.29, 1.82) is 0 Å². The Bertz CT molecular complexity index is 474. The number of piperidine rings is 1. The van der Waals surface area contributed by atoms with Crippen LogP contribution in [0.25, 0.3) is 0 Å². The largest absolute Gasteiger partial charge is 0.494 e. The number of ether oxygens (including phenoxy) is 1. The van der Waals surface area contributed by atoms with Gasteiger partial charge in [-0.25, -0.2) is 0 Å². The van der Waals surface area contributed by atoms with Gasteiger partial charge in [0.05, 0.1) is 6.61 Å². The summed E-state index contributed by atoms with van der Waals surface area (Å²) in [5.74, 6) is 1.44. The van der Waals surface area contributed by atoms with Crippen molar-refractivity contribution in [2.24, 2.45) is 11.3 Å². The van der Waals surface area contributed by atoms with Crippen LogP contribution in [0.15, 0.2) is 24.3 Å². The predicted octanol–water partition coefficient (Wildman–Crippen LogP) is 3.05. The van der Waals surface area contributed by atoms with Gasteiger partial charge in [-0.3, -0.25) is 4.79 Å². The number of carbonyl (C=O) groups excluding carboxylic acids is 1. The molecule has 1 aliphatic heterocycles. The lowest BCUT2D eigenvalue weighted by atomic mass is 9.89. The van der Waals surface area contributed by atoms with E-state index >= 15 is 0 Å². The van der Waals surface area contributed by atoms with E-state index in [1.165, 1.54) is 0 Å². The van der Waals surface area contributed by atoms with Crippen LogP contribution in [0.1, 0.15) is 43.0 Å². The first-order valence-corrected chi connectivity index (χ1v) is 7.73. The maximum absolute atomic E-state index is 12.5. The van der Waals surface area contributed by atoms with Gasteiger partial charge in [0.1, 0.15) is 5.75 Å². The topological polar surface area (TPSA) is 38.3 Å². The normalized spacial score (nSPS) is 23.6. The molecular formula is C17H23NO2. The predicted molar refractivity (Wildman–Crippen MR) is 79.2 cm³/mol. The maximum atomic E-state index is 12.5. The second-order valence-corrected chi connectivity index (χ2v) is 6.11. The van der Waals surface area contributed by atoms with Gasteiger partial charge in [-0.1, -0.05) is 6.92 Å². The zero-order chi connectivity index (χ0) is 14.0. The van der Waals surface area contributed by atoms with Gasteiger partial charge >= 0.3 is 0 Å². The zero-order valence-corrected chi connectivity index (χ0v) is 12.2. The first-order chi connectivity index (χ1) is 9.75. The number of hydrogen-bond acceptors (Lipinski definition) is 3. The molecule has 3 rings (SSSR count). The van der Waals surface area contributed by atoms with Gasteiger partial charge in [-0.15, -0.1) is 0 Å². The van der Waals surface area contributed by atoms with Crippen molar-refractivity contribution < 1.29 is 9.53 Å². The van der Waals surface area contributed by atoms with E-state index in [2.05, 4.69) is 12.2 Å². The lowest BCUT2D eigenvalue weighted by molar-refractivity contribution is 0.0940. The highest BCUT2D eigenvalue weighted by Gasteiger charge is 2.57. The average molecular weight is 273 g/mol. The third kappa shape index (κ3) is 2.59. The van der Waals surface area contributed by atoms with Gasteiger partial charge in [-0.2, -0.15) is 0 Å². The van der Waals surface area contributed by atoms with E-state index in [0.29, 0.717) is 11.2 Å². The molecule has 1 aromatic carbocycles. The van der Waals surface area contributed by atoms with E-state index < -0.39 is 0 Å². The van der Waals surface area contributed by atoms with Crippen LogP contribution < -0.4 is 10.1 Å². The van der Waals surface area contributed by atoms with E-state index in [4.69, 9.17) is 4.74 Å². The summed E-state index contributed by atoms with van der Waals surface area (Å²) >= 11 is 0. The fourth-order valence-corrected chi connectivity index (χ4v) is 3.33. The highest BCUT2D eigenvalue weighted by atomic mass is 16.5. The zero-order valence-electron chi connectivity index (χ0n) is 12.2. The minimum atomic E-state index is 0.256. The number of nitrogens with one attached hydrogen (secondary N) is 1. The van der Waals surface area contributed by atoms with Crippen LogP contribution in [0.2, 0.25) is 0 Å². The lowest BCUT2D eigenvalue weighted by Gasteiger charge is -2.23. The van der Waals surface area contributed by atoms with E-state index in [1.807, 2.05) is 24.3 Å². The van der Waals surface area contributed by atoms with Crippen molar-refractivity contribution in [3.05, 3.63) is 29.8 Å². The summed E-state index contributed by atoms with van der Waals surface area (Å²) in [6.07, 6.45) is 4.39. The molecule has 3 heteroatoms. The number of hydrogen-bond donors (Lipinski definition) is 1. The quantitative estimate of drug-likeness (QED) is 0.838. The van der Waals surface area contributed by atoms with Crippen molar-refractivity contribution in [1.82, 2.24) is 5.32 Å². The Morgan fingerprint density at radius 3 is 2.65 bits per heavy atom. The lowest BCUT2D eigenvalue weighted by Crippen LogP contribution is -2.30. The summed E-state index contributed by atoms with van der Waals surface area (Å²) in [6.45, 7) is 4.94. The molecule has 108 valence electrons. The Labute approximate surface area is 120 Å². The van der Waals surface area contributed by atoms with Gasteiger partial charge in [0, 0.05) is 11.5 Å². The molecule has 1 saturated carbocycles.